The van der Waals surface area contributed by atoms with Gasteiger partial charge in [0.25, 0.3) is 5.91 Å². The molecule has 0 unspecified atom stereocenters. The molecule has 4 rings (SSSR count). The molecule has 1 amide bonds. The van der Waals surface area contributed by atoms with Crippen LogP contribution in [0.3, 0.4) is 0 Å². The zero-order chi connectivity index (χ0) is 17.6. The number of benzene rings is 1. The number of para-hydroxylation sites is 2. The third-order valence-corrected chi connectivity index (χ3v) is 5.48. The smallest absolute Gasteiger partial charge is 0.310 e. The van der Waals surface area contributed by atoms with E-state index in [2.05, 4.69) is 5.32 Å². The van der Waals surface area contributed by atoms with Crippen LogP contribution in [0.5, 0.6) is 5.75 Å². The summed E-state index contributed by atoms with van der Waals surface area (Å²) in [5, 5.41) is 2.65. The second-order valence-corrected chi connectivity index (χ2v) is 6.78. The van der Waals surface area contributed by atoms with Crippen molar-refractivity contribution in [3.05, 3.63) is 24.3 Å². The lowest BCUT2D eigenvalue weighted by molar-refractivity contribution is -0.157. The van der Waals surface area contributed by atoms with Crippen molar-refractivity contribution in [2.45, 2.75) is 18.9 Å². The van der Waals surface area contributed by atoms with Crippen LogP contribution in [0, 0.1) is 23.7 Å². The predicted octanol–water partition coefficient (Wildman–Crippen LogP) is 1.37. The van der Waals surface area contributed by atoms with E-state index in [0.717, 1.165) is 12.8 Å². The fourth-order valence-electron chi connectivity index (χ4n) is 4.49. The number of hydrogen-bond acceptors (Lipinski definition) is 6. The molecule has 2 bridgehead atoms. The first-order valence-corrected chi connectivity index (χ1v) is 8.38. The molecule has 3 aliphatic rings. The molecule has 2 saturated carbocycles. The minimum Gasteiger partial charge on any atom is -0.495 e. The molecular weight excluding hydrogens is 326 g/mol. The molecule has 5 atom stereocenters. The zero-order valence-corrected chi connectivity index (χ0v) is 13.8. The van der Waals surface area contributed by atoms with Crippen LogP contribution < -0.4 is 10.1 Å². The summed E-state index contributed by atoms with van der Waals surface area (Å²) in [6.07, 6.45) is 1.52. The van der Waals surface area contributed by atoms with Crippen LogP contribution in [0.1, 0.15) is 12.8 Å². The summed E-state index contributed by atoms with van der Waals surface area (Å²) in [6.45, 7) is -0.393. The SMILES string of the molecule is COc1ccccc1NC(=O)COC(=O)[C@H]1[C@@H]2C[C@H]3[C@@H]1C(=O)O[C@@H]3C2. The van der Waals surface area contributed by atoms with Crippen molar-refractivity contribution >= 4 is 23.5 Å². The van der Waals surface area contributed by atoms with Crippen LogP contribution in [0.15, 0.2) is 24.3 Å². The molecule has 132 valence electrons. The number of carbonyl (C=O) groups is 3. The van der Waals surface area contributed by atoms with Gasteiger partial charge >= 0.3 is 11.9 Å². The van der Waals surface area contributed by atoms with Crippen molar-refractivity contribution in [3.8, 4) is 5.75 Å². The van der Waals surface area contributed by atoms with E-state index in [1.165, 1.54) is 7.11 Å². The number of esters is 2. The first-order valence-electron chi connectivity index (χ1n) is 8.38. The Morgan fingerprint density at radius 3 is 2.88 bits per heavy atom. The highest BCUT2D eigenvalue weighted by molar-refractivity contribution is 5.94. The molecule has 1 heterocycles. The number of ether oxygens (including phenoxy) is 3. The molecule has 25 heavy (non-hydrogen) atoms. The van der Waals surface area contributed by atoms with E-state index >= 15 is 0 Å². The van der Waals surface area contributed by atoms with Gasteiger partial charge in [-0.15, -0.1) is 0 Å². The molecule has 1 aliphatic heterocycles. The van der Waals surface area contributed by atoms with Gasteiger partial charge in [0.05, 0.1) is 24.6 Å². The van der Waals surface area contributed by atoms with Crippen molar-refractivity contribution < 1.29 is 28.6 Å². The Hall–Kier alpha value is -2.57. The Bertz CT molecular complexity index is 730. The summed E-state index contributed by atoms with van der Waals surface area (Å²) in [6, 6.07) is 6.97. The van der Waals surface area contributed by atoms with Crippen molar-refractivity contribution in [3.63, 3.8) is 0 Å². The molecule has 7 nitrogen and oxygen atoms in total. The molecule has 0 radical (unpaired) electrons. The minimum atomic E-state index is -0.482. The molecular formula is C18H19NO6. The molecule has 1 N–H and O–H groups in total. The second kappa shape index (κ2) is 6.06. The molecule has 2 aliphatic carbocycles. The van der Waals surface area contributed by atoms with Crippen LogP contribution in [-0.4, -0.2) is 37.7 Å². The summed E-state index contributed by atoms with van der Waals surface area (Å²) in [4.78, 5) is 36.4. The number of anilines is 1. The quantitative estimate of drug-likeness (QED) is 0.811. The fourth-order valence-corrected chi connectivity index (χ4v) is 4.49. The molecule has 1 saturated heterocycles. The van der Waals surface area contributed by atoms with Gasteiger partial charge in [-0.25, -0.2) is 0 Å². The van der Waals surface area contributed by atoms with Crippen LogP contribution in [0.25, 0.3) is 0 Å². The number of rotatable bonds is 5. The lowest BCUT2D eigenvalue weighted by atomic mass is 9.80. The van der Waals surface area contributed by atoms with E-state index < -0.39 is 30.3 Å². The van der Waals surface area contributed by atoms with E-state index in [-0.39, 0.29) is 23.9 Å². The van der Waals surface area contributed by atoms with Crippen molar-refractivity contribution in [1.82, 2.24) is 0 Å². The highest BCUT2D eigenvalue weighted by Gasteiger charge is 2.64. The summed E-state index contributed by atoms with van der Waals surface area (Å²) in [5.74, 6) is -1.32. The standard InChI is InChI=1S/C18H19NO6/c1-23-12-5-3-2-4-11(12)19-14(20)8-24-17(21)15-9-6-10-13(7-9)25-18(22)16(10)15/h2-5,9-10,13,15-16H,6-8H2,1H3,(H,19,20)/t9-,10-,13-,15+,16+/m1/s1. The van der Waals surface area contributed by atoms with E-state index in [9.17, 15) is 14.4 Å². The Morgan fingerprint density at radius 2 is 2.08 bits per heavy atom. The van der Waals surface area contributed by atoms with Gasteiger partial charge in [0.1, 0.15) is 11.9 Å². The number of nitrogens with one attached hydrogen (secondary N) is 1. The number of carbonyl (C=O) groups excluding carboxylic acids is 3. The summed E-state index contributed by atoms with van der Waals surface area (Å²) in [7, 11) is 1.51. The maximum atomic E-state index is 12.4. The van der Waals surface area contributed by atoms with Crippen molar-refractivity contribution in [2.75, 3.05) is 19.0 Å². The topological polar surface area (TPSA) is 90.9 Å². The van der Waals surface area contributed by atoms with Gasteiger partial charge in [-0.2, -0.15) is 0 Å². The molecule has 7 heteroatoms. The lowest BCUT2D eigenvalue weighted by Gasteiger charge is -2.22. The Morgan fingerprint density at radius 1 is 1.28 bits per heavy atom. The maximum Gasteiger partial charge on any atom is 0.310 e. The van der Waals surface area contributed by atoms with Crippen LogP contribution in [-0.2, 0) is 23.9 Å². The fraction of sp³-hybridized carbons (Fsp3) is 0.500. The number of amides is 1. The number of fused-ring (bicyclic) bond motifs is 1. The Balaban J connectivity index is 1.35. The molecule has 1 aromatic rings. The average molecular weight is 345 g/mol. The zero-order valence-electron chi connectivity index (χ0n) is 13.8. The van der Waals surface area contributed by atoms with Crippen molar-refractivity contribution in [2.24, 2.45) is 23.7 Å². The first kappa shape index (κ1) is 15.9. The van der Waals surface area contributed by atoms with Gasteiger partial charge in [-0.1, -0.05) is 12.1 Å². The number of methoxy groups -OCH3 is 1. The van der Waals surface area contributed by atoms with Gasteiger partial charge < -0.3 is 19.5 Å². The minimum absolute atomic E-state index is 0.0274. The van der Waals surface area contributed by atoms with Gasteiger partial charge in [-0.05, 0) is 30.9 Å². The van der Waals surface area contributed by atoms with Gasteiger partial charge in [0.2, 0.25) is 0 Å². The molecule has 3 fully saturated rings. The normalized spacial score (nSPS) is 31.6. The van der Waals surface area contributed by atoms with Crippen LogP contribution >= 0.6 is 0 Å². The lowest BCUT2D eigenvalue weighted by Crippen LogP contribution is -2.35. The maximum absolute atomic E-state index is 12.4. The molecule has 0 aromatic heterocycles. The van der Waals surface area contributed by atoms with E-state index in [1.807, 2.05) is 0 Å². The highest BCUT2D eigenvalue weighted by atomic mass is 16.6. The molecule has 1 aromatic carbocycles. The average Bonchev–Trinajstić information content (AvgIpc) is 3.22. The second-order valence-electron chi connectivity index (χ2n) is 6.78. The van der Waals surface area contributed by atoms with E-state index in [4.69, 9.17) is 14.2 Å². The first-order chi connectivity index (χ1) is 12.1. The van der Waals surface area contributed by atoms with Crippen molar-refractivity contribution in [1.29, 1.82) is 0 Å². The van der Waals surface area contributed by atoms with Crippen LogP contribution in [0.2, 0.25) is 0 Å². The third kappa shape index (κ3) is 2.63. The summed E-state index contributed by atoms with van der Waals surface area (Å²) < 4.78 is 15.7. The largest absolute Gasteiger partial charge is 0.495 e. The van der Waals surface area contributed by atoms with E-state index in [0.29, 0.717) is 11.4 Å². The summed E-state index contributed by atoms with van der Waals surface area (Å²) in [5.41, 5.74) is 0.508. The van der Waals surface area contributed by atoms with Gasteiger partial charge in [-0.3, -0.25) is 14.4 Å². The molecule has 0 spiro atoms. The van der Waals surface area contributed by atoms with Gasteiger partial charge in [0.15, 0.2) is 6.61 Å². The van der Waals surface area contributed by atoms with E-state index in [1.54, 1.807) is 24.3 Å². The van der Waals surface area contributed by atoms with Gasteiger partial charge in [0, 0.05) is 5.92 Å². The highest BCUT2D eigenvalue weighted by Crippen LogP contribution is 2.57. The Kier molecular flexibility index (Phi) is 3.86. The number of hydrogen-bond donors (Lipinski definition) is 1. The van der Waals surface area contributed by atoms with Crippen LogP contribution in [0.4, 0.5) is 5.69 Å². The predicted molar refractivity (Wildman–Crippen MR) is 85.7 cm³/mol. The monoisotopic (exact) mass is 345 g/mol. The summed E-state index contributed by atoms with van der Waals surface area (Å²) >= 11 is 0. The Labute approximate surface area is 144 Å². The third-order valence-electron chi connectivity index (χ3n) is 5.48.